The van der Waals surface area contributed by atoms with E-state index in [9.17, 15) is 0 Å². The average molecular weight is 99.5 g/mol. The molecule has 5 heavy (non-hydrogen) atoms. The quantitative estimate of drug-likeness (QED) is 0.405. The van der Waals surface area contributed by atoms with Gasteiger partial charge in [-0.2, -0.15) is 0 Å². The summed E-state index contributed by atoms with van der Waals surface area (Å²) in [5, 5.41) is 6.50. The van der Waals surface area contributed by atoms with E-state index >= 15 is 0 Å². The van der Waals surface area contributed by atoms with Gasteiger partial charge in [-0.1, -0.05) is 0 Å². The Kier molecular flexibility index (Phi) is 9290. The van der Waals surface area contributed by atoms with Gasteiger partial charge in [-0.25, -0.2) is 5.90 Å². The minimum Gasteiger partial charge on any atom is -0.320 e. The van der Waals surface area contributed by atoms with Gasteiger partial charge in [0.2, 0.25) is 0 Å². The Labute approximate surface area is 36.1 Å². The second kappa shape index (κ2) is 2230. The summed E-state index contributed by atoms with van der Waals surface area (Å²) in [5.74, 6) is 3.50. The van der Waals surface area contributed by atoms with E-state index in [2.05, 4.69) is 5.90 Å². The number of carbonyl (C=O) groups excluding carboxylic acids is 1. The standard InChI is InChI=1S/CH2O.ClH.H3NO/c1-2;;1-2/h1H2;1H;2H,1H2. The highest BCUT2D eigenvalue weighted by atomic mass is 35.5. The Hall–Kier alpha value is -0.120. The van der Waals surface area contributed by atoms with Gasteiger partial charge in [-0.05, 0) is 0 Å². The van der Waals surface area contributed by atoms with Crippen LogP contribution in [-0.4, -0.2) is 12.0 Å². The molecule has 0 aliphatic carbocycles. The maximum absolute atomic E-state index is 8.00. The van der Waals surface area contributed by atoms with Crippen molar-refractivity contribution in [2.24, 2.45) is 5.90 Å². The molecule has 0 aromatic carbocycles. The molecule has 0 spiro atoms. The third-order valence-electron chi connectivity index (χ3n) is 0. The predicted molar refractivity (Wildman–Crippen MR) is 20.3 cm³/mol. The highest BCUT2D eigenvalue weighted by molar-refractivity contribution is 5.85. The molecule has 0 radical (unpaired) electrons. The highest BCUT2D eigenvalue weighted by Crippen LogP contribution is 0.690. The van der Waals surface area contributed by atoms with Crippen molar-refractivity contribution in [3.05, 3.63) is 0 Å². The number of halogens is 1. The lowest BCUT2D eigenvalue weighted by molar-refractivity contribution is -0.0979. The van der Waals surface area contributed by atoms with E-state index < -0.39 is 0 Å². The molecule has 0 fully saturated rings. The van der Waals surface area contributed by atoms with Crippen LogP contribution in [0, 0.1) is 0 Å². The molecule has 0 saturated carbocycles. The van der Waals surface area contributed by atoms with Crippen molar-refractivity contribution >= 4 is 19.2 Å². The van der Waals surface area contributed by atoms with E-state index in [1.165, 1.54) is 0 Å². The summed E-state index contributed by atoms with van der Waals surface area (Å²) in [7, 11) is 0. The molecular weight excluding hydrogens is 93.5 g/mol. The Morgan fingerprint density at radius 1 is 1.40 bits per heavy atom. The lowest BCUT2D eigenvalue weighted by Gasteiger charge is -1.27. The first kappa shape index (κ1) is 20.8. The maximum atomic E-state index is 8.00. The number of nitrogens with two attached hydrogens (primary N) is 1. The molecule has 3 N–H and O–H groups in total. The molecular formula is CH6ClNO2. The Balaban J connectivity index is -0.0000000133. The molecule has 0 unspecified atom stereocenters. The second-order valence-electron chi connectivity index (χ2n) is 0. The fraction of sp³-hybridized carbons (Fsp3) is 0. The minimum atomic E-state index is 0. The van der Waals surface area contributed by atoms with Crippen LogP contribution in [0.3, 0.4) is 0 Å². The van der Waals surface area contributed by atoms with E-state index in [-0.39, 0.29) is 12.4 Å². The molecule has 0 atom stereocenters. The van der Waals surface area contributed by atoms with Gasteiger partial charge in [-0.15, -0.1) is 12.4 Å². The van der Waals surface area contributed by atoms with Crippen molar-refractivity contribution in [1.82, 2.24) is 0 Å². The number of rotatable bonds is 0. The third kappa shape index (κ3) is 952. The molecule has 0 aromatic heterocycles. The summed E-state index contributed by atoms with van der Waals surface area (Å²) in [6, 6.07) is 0. The molecule has 0 aliphatic rings. The summed E-state index contributed by atoms with van der Waals surface area (Å²) in [6.45, 7) is 2.00. The van der Waals surface area contributed by atoms with Crippen LogP contribution in [0.2, 0.25) is 0 Å². The highest BCUT2D eigenvalue weighted by Gasteiger charge is 0.732. The summed E-state index contributed by atoms with van der Waals surface area (Å²) in [5.41, 5.74) is 0. The van der Waals surface area contributed by atoms with Crippen molar-refractivity contribution < 1.29 is 10.0 Å². The van der Waals surface area contributed by atoms with Gasteiger partial charge in [0.1, 0.15) is 6.79 Å². The molecule has 4 heteroatoms. The summed E-state index contributed by atoms with van der Waals surface area (Å²) >= 11 is 0. The monoisotopic (exact) mass is 99.0 g/mol. The molecule has 0 aromatic rings. The lowest BCUT2D eigenvalue weighted by atomic mass is 11.9. The van der Waals surface area contributed by atoms with Crippen LogP contribution in [0.5, 0.6) is 0 Å². The zero-order valence-electron chi connectivity index (χ0n) is 2.55. The van der Waals surface area contributed by atoms with Crippen LogP contribution in [0.4, 0.5) is 0 Å². The van der Waals surface area contributed by atoms with Gasteiger partial charge < -0.3 is 10.0 Å². The zero-order valence-corrected chi connectivity index (χ0v) is 3.36. The molecule has 0 rings (SSSR count). The van der Waals surface area contributed by atoms with Crippen LogP contribution < -0.4 is 5.90 Å². The van der Waals surface area contributed by atoms with Crippen LogP contribution >= 0.6 is 12.4 Å². The second-order valence-corrected chi connectivity index (χ2v) is 0. The lowest BCUT2D eigenvalue weighted by Crippen LogP contribution is -1.72. The van der Waals surface area contributed by atoms with E-state index in [1.54, 1.807) is 0 Å². The van der Waals surface area contributed by atoms with E-state index in [1.807, 2.05) is 6.79 Å². The van der Waals surface area contributed by atoms with Crippen LogP contribution in [0.25, 0.3) is 0 Å². The third-order valence-corrected chi connectivity index (χ3v) is 0. The fourth-order valence-electron chi connectivity index (χ4n) is 0. The van der Waals surface area contributed by atoms with Crippen LogP contribution in [0.1, 0.15) is 0 Å². The van der Waals surface area contributed by atoms with Gasteiger partial charge in [0.15, 0.2) is 0 Å². The SMILES string of the molecule is C=O.Cl.NO. The first-order valence-corrected chi connectivity index (χ1v) is 0.547. The summed E-state index contributed by atoms with van der Waals surface area (Å²) in [6.07, 6.45) is 0. The predicted octanol–water partition coefficient (Wildman–Crippen LogP) is -0.429. The van der Waals surface area contributed by atoms with E-state index in [0.717, 1.165) is 0 Å². The smallest absolute Gasteiger partial charge is 0.106 e. The first-order chi connectivity index (χ1) is 2.00. The zero-order chi connectivity index (χ0) is 4.00. The van der Waals surface area contributed by atoms with Gasteiger partial charge in [0.25, 0.3) is 0 Å². The Morgan fingerprint density at radius 2 is 1.40 bits per heavy atom. The van der Waals surface area contributed by atoms with Gasteiger partial charge in [0, 0.05) is 0 Å². The van der Waals surface area contributed by atoms with Crippen molar-refractivity contribution in [1.29, 1.82) is 0 Å². The number of hydrogen-bond acceptors (Lipinski definition) is 3. The van der Waals surface area contributed by atoms with Crippen molar-refractivity contribution in [2.75, 3.05) is 0 Å². The fourth-order valence-corrected chi connectivity index (χ4v) is 0. The summed E-state index contributed by atoms with van der Waals surface area (Å²) in [4.78, 5) is 8.00. The molecule has 0 bridgehead atoms. The van der Waals surface area contributed by atoms with E-state index in [4.69, 9.17) is 10.0 Å². The van der Waals surface area contributed by atoms with Gasteiger partial charge in [-0.3, -0.25) is 0 Å². The molecule has 0 aliphatic heterocycles. The molecule has 0 saturated heterocycles. The molecule has 3 nitrogen and oxygen atoms in total. The maximum Gasteiger partial charge on any atom is 0.106 e. The Bertz CT molecular complexity index is 9.61. The van der Waals surface area contributed by atoms with Gasteiger partial charge in [0.05, 0.1) is 0 Å². The van der Waals surface area contributed by atoms with Crippen LogP contribution in [0.15, 0.2) is 0 Å². The van der Waals surface area contributed by atoms with Crippen molar-refractivity contribution in [3.8, 4) is 0 Å². The van der Waals surface area contributed by atoms with E-state index in [0.29, 0.717) is 0 Å². The molecule has 0 amide bonds. The molecule has 0 heterocycles. The Morgan fingerprint density at radius 3 is 1.40 bits per heavy atom. The largest absolute Gasteiger partial charge is 0.320 e. The normalized spacial score (nSPS) is 2.00. The van der Waals surface area contributed by atoms with Gasteiger partial charge >= 0.3 is 0 Å². The summed E-state index contributed by atoms with van der Waals surface area (Å²) < 4.78 is 0. The average Bonchev–Trinajstić information content (AvgIpc) is 1.50. The minimum absolute atomic E-state index is 0. The van der Waals surface area contributed by atoms with Crippen molar-refractivity contribution in [3.63, 3.8) is 0 Å². The first-order valence-electron chi connectivity index (χ1n) is 0.547. The topological polar surface area (TPSA) is 63.3 Å². The van der Waals surface area contributed by atoms with Crippen molar-refractivity contribution in [2.45, 2.75) is 0 Å². The number of hydrogen-bond donors (Lipinski definition) is 2. The molecule has 34 valence electrons. The van der Waals surface area contributed by atoms with Crippen LogP contribution in [-0.2, 0) is 4.79 Å². The number of carbonyl (C=O) groups is 1.